The van der Waals surface area contributed by atoms with Crippen molar-refractivity contribution in [2.24, 2.45) is 0 Å². The Hall–Kier alpha value is -2.59. The van der Waals surface area contributed by atoms with E-state index < -0.39 is 0 Å². The van der Waals surface area contributed by atoms with Crippen molar-refractivity contribution in [1.29, 1.82) is 0 Å². The summed E-state index contributed by atoms with van der Waals surface area (Å²) in [5, 5.41) is 7.83. The SMILES string of the molecule is C=CC(=O)N[C@H]1CCOC[C@H]1Nc1ncc2cc(-c3c(Cl)c(OC)cc(OC)c3Cl)sc2n1. The van der Waals surface area contributed by atoms with Crippen molar-refractivity contribution in [2.75, 3.05) is 32.8 Å². The molecule has 33 heavy (non-hydrogen) atoms. The Bertz CT molecular complexity index is 1170. The Morgan fingerprint density at radius 3 is 2.64 bits per heavy atom. The second kappa shape index (κ2) is 10.1. The van der Waals surface area contributed by atoms with Gasteiger partial charge in [0.1, 0.15) is 16.3 Å². The summed E-state index contributed by atoms with van der Waals surface area (Å²) in [6.07, 6.45) is 3.66. The van der Waals surface area contributed by atoms with Crippen LogP contribution in [-0.4, -0.2) is 55.4 Å². The van der Waals surface area contributed by atoms with Gasteiger partial charge in [0, 0.05) is 34.7 Å². The molecule has 0 spiro atoms. The van der Waals surface area contributed by atoms with Gasteiger partial charge in [-0.15, -0.1) is 11.3 Å². The molecule has 11 heteroatoms. The number of fused-ring (bicyclic) bond motifs is 1. The van der Waals surface area contributed by atoms with Crippen LogP contribution in [0.4, 0.5) is 5.95 Å². The monoisotopic (exact) mass is 508 g/mol. The van der Waals surface area contributed by atoms with Gasteiger partial charge in [-0.1, -0.05) is 29.8 Å². The van der Waals surface area contributed by atoms with Gasteiger partial charge in [0.15, 0.2) is 0 Å². The Morgan fingerprint density at radius 2 is 1.97 bits per heavy atom. The van der Waals surface area contributed by atoms with E-state index in [9.17, 15) is 4.79 Å². The molecule has 1 fully saturated rings. The molecular weight excluding hydrogens is 487 g/mol. The third-order valence-corrected chi connectivity index (χ3v) is 7.09. The maximum Gasteiger partial charge on any atom is 0.243 e. The Labute approximate surface area is 204 Å². The number of thiophene rings is 1. The first-order valence-electron chi connectivity index (χ1n) is 10.1. The zero-order valence-electron chi connectivity index (χ0n) is 18.0. The van der Waals surface area contributed by atoms with Crippen LogP contribution in [0.25, 0.3) is 20.7 Å². The van der Waals surface area contributed by atoms with Crippen molar-refractivity contribution in [3.63, 3.8) is 0 Å². The van der Waals surface area contributed by atoms with Crippen molar-refractivity contribution >= 4 is 56.6 Å². The summed E-state index contributed by atoms with van der Waals surface area (Å²) < 4.78 is 16.3. The van der Waals surface area contributed by atoms with E-state index in [0.29, 0.717) is 52.7 Å². The average molecular weight is 509 g/mol. The van der Waals surface area contributed by atoms with Crippen molar-refractivity contribution in [3.8, 4) is 21.9 Å². The summed E-state index contributed by atoms with van der Waals surface area (Å²) in [7, 11) is 3.07. The van der Waals surface area contributed by atoms with Gasteiger partial charge < -0.3 is 24.8 Å². The van der Waals surface area contributed by atoms with Crippen LogP contribution in [0.1, 0.15) is 6.42 Å². The number of aromatic nitrogens is 2. The lowest BCUT2D eigenvalue weighted by atomic mass is 10.0. The first-order chi connectivity index (χ1) is 15.9. The molecule has 4 rings (SSSR count). The molecule has 8 nitrogen and oxygen atoms in total. The number of carbonyl (C=O) groups is 1. The third kappa shape index (κ3) is 4.86. The lowest BCUT2D eigenvalue weighted by Crippen LogP contribution is -2.52. The van der Waals surface area contributed by atoms with E-state index in [1.165, 1.54) is 31.6 Å². The molecule has 0 aliphatic carbocycles. The van der Waals surface area contributed by atoms with Crippen LogP contribution in [0.3, 0.4) is 0 Å². The number of ether oxygens (including phenoxy) is 3. The number of anilines is 1. The molecule has 1 aromatic carbocycles. The van der Waals surface area contributed by atoms with Crippen LogP contribution in [-0.2, 0) is 9.53 Å². The molecule has 2 atom stereocenters. The van der Waals surface area contributed by atoms with Gasteiger partial charge in [-0.05, 0) is 18.6 Å². The summed E-state index contributed by atoms with van der Waals surface area (Å²) in [6.45, 7) is 4.50. The number of amides is 1. The Morgan fingerprint density at radius 1 is 1.24 bits per heavy atom. The zero-order valence-corrected chi connectivity index (χ0v) is 20.3. The molecule has 1 amide bonds. The van der Waals surface area contributed by atoms with Gasteiger partial charge in [-0.3, -0.25) is 4.79 Å². The van der Waals surface area contributed by atoms with Gasteiger partial charge in [0.05, 0.1) is 43.0 Å². The standard InChI is InChI=1S/C22H22Cl2N4O4S/c1-4-17(29)26-12-5-6-32-10-13(12)27-22-25-9-11-7-16(33-21(11)28-22)18-19(23)14(30-2)8-15(31-3)20(18)24/h4,7-9,12-13H,1,5-6,10H2,2-3H3,(H,26,29)(H,25,27,28)/t12-,13+/m0/s1. The molecule has 3 heterocycles. The zero-order chi connectivity index (χ0) is 23.5. The van der Waals surface area contributed by atoms with Gasteiger partial charge in [0.2, 0.25) is 11.9 Å². The largest absolute Gasteiger partial charge is 0.495 e. The lowest BCUT2D eigenvalue weighted by molar-refractivity contribution is -0.117. The highest BCUT2D eigenvalue weighted by Gasteiger charge is 2.27. The summed E-state index contributed by atoms with van der Waals surface area (Å²) in [5.41, 5.74) is 0.611. The van der Waals surface area contributed by atoms with E-state index in [1.807, 2.05) is 6.07 Å². The molecule has 1 aliphatic heterocycles. The molecule has 3 aromatic rings. The number of hydrogen-bond acceptors (Lipinski definition) is 8. The van der Waals surface area contributed by atoms with Crippen LogP contribution in [0.5, 0.6) is 11.5 Å². The van der Waals surface area contributed by atoms with Crippen molar-refractivity contribution in [3.05, 3.63) is 41.0 Å². The fourth-order valence-corrected chi connectivity index (χ4v) is 5.46. The van der Waals surface area contributed by atoms with E-state index in [0.717, 1.165) is 15.1 Å². The van der Waals surface area contributed by atoms with E-state index in [4.69, 9.17) is 37.4 Å². The van der Waals surface area contributed by atoms with Gasteiger partial charge >= 0.3 is 0 Å². The molecule has 0 radical (unpaired) electrons. The number of benzene rings is 1. The van der Waals surface area contributed by atoms with Crippen LogP contribution in [0.15, 0.2) is 31.0 Å². The number of nitrogens with one attached hydrogen (secondary N) is 2. The summed E-state index contributed by atoms with van der Waals surface area (Å²) >= 11 is 14.6. The maximum atomic E-state index is 11.8. The summed E-state index contributed by atoms with van der Waals surface area (Å²) in [4.78, 5) is 22.4. The molecule has 0 unspecified atom stereocenters. The first kappa shape index (κ1) is 23.6. The lowest BCUT2D eigenvalue weighted by Gasteiger charge is -2.32. The minimum absolute atomic E-state index is 0.121. The van der Waals surface area contributed by atoms with E-state index in [1.54, 1.807) is 12.3 Å². The summed E-state index contributed by atoms with van der Waals surface area (Å²) in [5.74, 6) is 1.13. The molecule has 0 saturated carbocycles. The number of nitrogens with zero attached hydrogens (tertiary/aromatic N) is 2. The molecule has 1 saturated heterocycles. The van der Waals surface area contributed by atoms with E-state index in [2.05, 4.69) is 27.2 Å². The number of carbonyl (C=O) groups excluding carboxylic acids is 1. The van der Waals surface area contributed by atoms with Crippen LogP contribution in [0.2, 0.25) is 10.0 Å². The summed E-state index contributed by atoms with van der Waals surface area (Å²) in [6, 6.07) is 3.28. The second-order valence-electron chi connectivity index (χ2n) is 7.28. The quantitative estimate of drug-likeness (QED) is 0.451. The fraction of sp³-hybridized carbons (Fsp3) is 0.318. The van der Waals surface area contributed by atoms with Crippen LogP contribution in [0, 0.1) is 0 Å². The highest BCUT2D eigenvalue weighted by atomic mass is 35.5. The molecule has 0 bridgehead atoms. The molecular formula is C22H22Cl2N4O4S. The predicted octanol–water partition coefficient (Wildman–Crippen LogP) is 4.55. The highest BCUT2D eigenvalue weighted by molar-refractivity contribution is 7.22. The average Bonchev–Trinajstić information content (AvgIpc) is 3.23. The third-order valence-electron chi connectivity index (χ3n) is 5.28. The molecule has 2 aromatic heterocycles. The Kier molecular flexibility index (Phi) is 7.23. The number of rotatable bonds is 7. The predicted molar refractivity (Wildman–Crippen MR) is 131 cm³/mol. The molecule has 1 aliphatic rings. The molecule has 174 valence electrons. The second-order valence-corrected chi connectivity index (χ2v) is 9.07. The fourth-order valence-electron chi connectivity index (χ4n) is 3.59. The van der Waals surface area contributed by atoms with Gasteiger partial charge in [-0.25, -0.2) is 9.97 Å². The topological polar surface area (TPSA) is 94.6 Å². The van der Waals surface area contributed by atoms with Crippen LogP contribution >= 0.6 is 34.5 Å². The highest BCUT2D eigenvalue weighted by Crippen LogP contribution is 2.48. The van der Waals surface area contributed by atoms with Crippen molar-refractivity contribution in [2.45, 2.75) is 18.5 Å². The first-order valence-corrected chi connectivity index (χ1v) is 11.7. The smallest absolute Gasteiger partial charge is 0.243 e. The minimum Gasteiger partial charge on any atom is -0.495 e. The van der Waals surface area contributed by atoms with E-state index >= 15 is 0 Å². The van der Waals surface area contributed by atoms with Gasteiger partial charge in [0.25, 0.3) is 0 Å². The molecule has 2 N–H and O–H groups in total. The van der Waals surface area contributed by atoms with Crippen molar-refractivity contribution in [1.82, 2.24) is 15.3 Å². The maximum absolute atomic E-state index is 11.8. The Balaban J connectivity index is 1.65. The number of halogens is 2. The van der Waals surface area contributed by atoms with Gasteiger partial charge in [-0.2, -0.15) is 0 Å². The van der Waals surface area contributed by atoms with Crippen molar-refractivity contribution < 1.29 is 19.0 Å². The number of hydrogen-bond donors (Lipinski definition) is 2. The number of methoxy groups -OCH3 is 2. The van der Waals surface area contributed by atoms with E-state index in [-0.39, 0.29) is 18.0 Å². The minimum atomic E-state index is -0.226. The van der Waals surface area contributed by atoms with Crippen LogP contribution < -0.4 is 20.1 Å². The normalized spacial score (nSPS) is 18.1.